The molecule has 25 heavy (non-hydrogen) atoms. The Morgan fingerprint density at radius 3 is 2.40 bits per heavy atom. The van der Waals surface area contributed by atoms with E-state index < -0.39 is 16.1 Å². The molecular formula is C18H19N3O3S. The zero-order valence-corrected chi connectivity index (χ0v) is 15.0. The monoisotopic (exact) mass is 357 g/mol. The lowest BCUT2D eigenvalue weighted by Gasteiger charge is -2.10. The number of sulfonamides is 1. The van der Waals surface area contributed by atoms with Gasteiger partial charge in [-0.1, -0.05) is 47.1 Å². The minimum Gasteiger partial charge on any atom is -0.337 e. The molecule has 0 radical (unpaired) electrons. The highest BCUT2D eigenvalue weighted by Gasteiger charge is 2.22. The summed E-state index contributed by atoms with van der Waals surface area (Å²) in [5, 5.41) is 3.96. The lowest BCUT2D eigenvalue weighted by molar-refractivity contribution is 0.354. The first-order valence-electron chi connectivity index (χ1n) is 7.85. The van der Waals surface area contributed by atoms with E-state index in [1.807, 2.05) is 38.1 Å². The van der Waals surface area contributed by atoms with Gasteiger partial charge in [0.25, 0.3) is 0 Å². The van der Waals surface area contributed by atoms with Crippen LogP contribution in [0.5, 0.6) is 0 Å². The highest BCUT2D eigenvalue weighted by atomic mass is 32.2. The molecule has 0 aliphatic rings. The second-order valence-corrected chi connectivity index (χ2v) is 7.64. The van der Waals surface area contributed by atoms with Crippen LogP contribution in [0, 0.1) is 13.8 Å². The molecule has 0 saturated carbocycles. The fourth-order valence-corrected chi connectivity index (χ4v) is 3.61. The van der Waals surface area contributed by atoms with Crippen molar-refractivity contribution < 1.29 is 12.9 Å². The first-order valence-corrected chi connectivity index (χ1v) is 9.34. The number of aryl methyl sites for hydroxylation is 2. The van der Waals surface area contributed by atoms with Crippen molar-refractivity contribution in [3.05, 3.63) is 65.5 Å². The van der Waals surface area contributed by atoms with E-state index in [0.717, 1.165) is 16.7 Å². The average Bonchev–Trinajstić information content (AvgIpc) is 3.05. The van der Waals surface area contributed by atoms with Gasteiger partial charge in [0.2, 0.25) is 21.7 Å². The number of nitrogens with zero attached hydrogens (tertiary/aromatic N) is 2. The maximum absolute atomic E-state index is 12.5. The Bertz CT molecular complexity index is 979. The van der Waals surface area contributed by atoms with Gasteiger partial charge in [0.1, 0.15) is 0 Å². The summed E-state index contributed by atoms with van der Waals surface area (Å²) >= 11 is 0. The van der Waals surface area contributed by atoms with Crippen molar-refractivity contribution in [1.82, 2.24) is 14.9 Å². The average molecular weight is 357 g/mol. The molecule has 0 spiro atoms. The Morgan fingerprint density at radius 1 is 1.04 bits per heavy atom. The molecule has 0 bridgehead atoms. The van der Waals surface area contributed by atoms with Crippen LogP contribution in [0.1, 0.15) is 30.0 Å². The standard InChI is InChI=1S/C18H19N3O3S/c1-12-8-10-15(11-9-12)25(22,23)21-14(3)18-19-17(20-24-18)16-7-5-4-6-13(16)2/h4-11,14,21H,1-3H3/t14-/m1/s1. The van der Waals surface area contributed by atoms with Gasteiger partial charge in [-0.2, -0.15) is 9.71 Å². The molecule has 0 fully saturated rings. The van der Waals surface area contributed by atoms with E-state index in [0.29, 0.717) is 5.82 Å². The van der Waals surface area contributed by atoms with Crippen molar-refractivity contribution in [3.63, 3.8) is 0 Å². The second-order valence-electron chi connectivity index (χ2n) is 5.93. The molecule has 2 aromatic carbocycles. The largest absolute Gasteiger partial charge is 0.337 e. The van der Waals surface area contributed by atoms with Crippen LogP contribution >= 0.6 is 0 Å². The highest BCUT2D eigenvalue weighted by Crippen LogP contribution is 2.22. The van der Waals surface area contributed by atoms with Gasteiger partial charge in [-0.05, 0) is 38.5 Å². The number of benzene rings is 2. The molecule has 1 N–H and O–H groups in total. The number of hydrogen-bond acceptors (Lipinski definition) is 5. The Kier molecular flexibility index (Phi) is 4.69. The molecule has 3 aromatic rings. The summed E-state index contributed by atoms with van der Waals surface area (Å²) in [6, 6.07) is 13.7. The molecule has 1 heterocycles. The fourth-order valence-electron chi connectivity index (χ4n) is 2.41. The highest BCUT2D eigenvalue weighted by molar-refractivity contribution is 7.89. The van der Waals surface area contributed by atoms with Crippen LogP contribution in [0.25, 0.3) is 11.4 Å². The van der Waals surface area contributed by atoms with Gasteiger partial charge in [0.05, 0.1) is 10.9 Å². The normalized spacial score (nSPS) is 12.9. The minimum atomic E-state index is -3.67. The quantitative estimate of drug-likeness (QED) is 0.756. The number of nitrogens with one attached hydrogen (secondary N) is 1. The zero-order chi connectivity index (χ0) is 18.0. The molecule has 0 aliphatic carbocycles. The maximum atomic E-state index is 12.5. The van der Waals surface area contributed by atoms with Crippen molar-refractivity contribution in [1.29, 1.82) is 0 Å². The molecule has 0 unspecified atom stereocenters. The van der Waals surface area contributed by atoms with Crippen LogP contribution in [-0.2, 0) is 10.0 Å². The van der Waals surface area contributed by atoms with E-state index in [4.69, 9.17) is 4.52 Å². The summed E-state index contributed by atoms with van der Waals surface area (Å²) in [4.78, 5) is 4.53. The number of hydrogen-bond donors (Lipinski definition) is 1. The lowest BCUT2D eigenvalue weighted by atomic mass is 10.1. The minimum absolute atomic E-state index is 0.198. The van der Waals surface area contributed by atoms with Gasteiger partial charge < -0.3 is 4.52 Å². The van der Waals surface area contributed by atoms with Crippen molar-refractivity contribution in [2.45, 2.75) is 31.7 Å². The summed E-state index contributed by atoms with van der Waals surface area (Å²) in [5.41, 5.74) is 2.86. The molecule has 7 heteroatoms. The molecule has 1 aromatic heterocycles. The van der Waals surface area contributed by atoms with Crippen molar-refractivity contribution in [3.8, 4) is 11.4 Å². The fraction of sp³-hybridized carbons (Fsp3) is 0.222. The molecule has 3 rings (SSSR count). The van der Waals surface area contributed by atoms with E-state index in [1.165, 1.54) is 0 Å². The topological polar surface area (TPSA) is 85.1 Å². The van der Waals surface area contributed by atoms with Crippen LogP contribution in [0.15, 0.2) is 57.9 Å². The van der Waals surface area contributed by atoms with Gasteiger partial charge in [-0.15, -0.1) is 0 Å². The van der Waals surface area contributed by atoms with Crippen LogP contribution in [0.2, 0.25) is 0 Å². The Balaban J connectivity index is 1.81. The predicted octanol–water partition coefficient (Wildman–Crippen LogP) is 3.39. The summed E-state index contributed by atoms with van der Waals surface area (Å²) in [7, 11) is -3.67. The van der Waals surface area contributed by atoms with Crippen LogP contribution in [0.3, 0.4) is 0 Å². The molecular weight excluding hydrogens is 338 g/mol. The van der Waals surface area contributed by atoms with E-state index >= 15 is 0 Å². The predicted molar refractivity (Wildman–Crippen MR) is 94.4 cm³/mol. The third-order valence-corrected chi connectivity index (χ3v) is 5.42. The first kappa shape index (κ1) is 17.3. The third kappa shape index (κ3) is 3.78. The van der Waals surface area contributed by atoms with Crippen LogP contribution in [0.4, 0.5) is 0 Å². The maximum Gasteiger partial charge on any atom is 0.244 e. The van der Waals surface area contributed by atoms with Gasteiger partial charge in [0.15, 0.2) is 0 Å². The number of rotatable bonds is 5. The van der Waals surface area contributed by atoms with E-state index in [2.05, 4.69) is 14.9 Å². The lowest BCUT2D eigenvalue weighted by Crippen LogP contribution is -2.27. The molecule has 6 nitrogen and oxygen atoms in total. The second kappa shape index (κ2) is 6.78. The molecule has 0 saturated heterocycles. The van der Waals surface area contributed by atoms with Gasteiger partial charge in [-0.3, -0.25) is 0 Å². The third-order valence-electron chi connectivity index (χ3n) is 3.86. The molecule has 0 aliphatic heterocycles. The first-order chi connectivity index (χ1) is 11.9. The van der Waals surface area contributed by atoms with Crippen molar-refractivity contribution >= 4 is 10.0 Å². The van der Waals surface area contributed by atoms with E-state index in [-0.39, 0.29) is 10.8 Å². The summed E-state index contributed by atoms with van der Waals surface area (Å²) < 4.78 is 32.7. The summed E-state index contributed by atoms with van der Waals surface area (Å²) in [5.74, 6) is 0.656. The molecule has 0 amide bonds. The van der Waals surface area contributed by atoms with Gasteiger partial charge in [0, 0.05) is 5.56 Å². The summed E-state index contributed by atoms with van der Waals surface area (Å²) in [6.07, 6.45) is 0. The van der Waals surface area contributed by atoms with Gasteiger partial charge >= 0.3 is 0 Å². The molecule has 130 valence electrons. The van der Waals surface area contributed by atoms with Crippen molar-refractivity contribution in [2.24, 2.45) is 0 Å². The summed E-state index contributed by atoms with van der Waals surface area (Å²) in [6.45, 7) is 5.52. The van der Waals surface area contributed by atoms with Crippen molar-refractivity contribution in [2.75, 3.05) is 0 Å². The zero-order valence-electron chi connectivity index (χ0n) is 14.2. The van der Waals surface area contributed by atoms with E-state index in [1.54, 1.807) is 31.2 Å². The Morgan fingerprint density at radius 2 is 1.72 bits per heavy atom. The van der Waals surface area contributed by atoms with Crippen LogP contribution < -0.4 is 4.72 Å². The van der Waals surface area contributed by atoms with Gasteiger partial charge in [-0.25, -0.2) is 8.42 Å². The van der Waals surface area contributed by atoms with E-state index in [9.17, 15) is 8.42 Å². The Labute approximate surface area is 147 Å². The number of aromatic nitrogens is 2. The smallest absolute Gasteiger partial charge is 0.244 e. The molecule has 1 atom stereocenters. The van der Waals surface area contributed by atoms with Crippen LogP contribution in [-0.4, -0.2) is 18.6 Å². The Hall–Kier alpha value is -2.51. The SMILES string of the molecule is Cc1ccc(S(=O)(=O)N[C@H](C)c2nc(-c3ccccc3C)no2)cc1.